The van der Waals surface area contributed by atoms with Gasteiger partial charge in [-0.2, -0.15) is 0 Å². The molecule has 4 aromatic rings. The van der Waals surface area contributed by atoms with Gasteiger partial charge in [-0.3, -0.25) is 0 Å². The standard InChI is InChI=1S/C21H24N2.C10H14.2ClH.Ru/c1-14-9-16(3)20(17(4)10-14)22-7-8-23(13-22)21-18(5)11-15(2)12-19(21)6;1-8(2)10-6-4-9(3)5-7-10;;;/h7-12H,1-6H3;4-8H,1-3H3;2*1H;/q;;;;+2/p-2. The van der Waals surface area contributed by atoms with E-state index in [0.717, 1.165) is 4.01 Å². The molecule has 2 nitrogen and oxygen atoms in total. The van der Waals surface area contributed by atoms with Crippen LogP contribution < -0.4 is 0 Å². The summed E-state index contributed by atoms with van der Waals surface area (Å²) in [6, 6.07) is 17.5. The molecule has 0 amide bonds. The van der Waals surface area contributed by atoms with Crippen molar-refractivity contribution in [3.05, 3.63) is 109 Å². The van der Waals surface area contributed by atoms with Gasteiger partial charge in [-0.05, 0) is 18.4 Å². The molecule has 0 aliphatic heterocycles. The first-order valence-corrected chi connectivity index (χ1v) is 17.6. The third-order valence-corrected chi connectivity index (χ3v) is 9.21. The van der Waals surface area contributed by atoms with E-state index in [2.05, 4.69) is 132 Å². The smallest absolute Gasteiger partial charge is 0.0219 e. The molecule has 0 N–H and O–H groups in total. The predicted octanol–water partition coefficient (Wildman–Crippen LogP) is 9.69. The maximum absolute atomic E-state index is 6.59. The second-order valence-electron chi connectivity index (χ2n) is 10.0. The van der Waals surface area contributed by atoms with E-state index >= 15 is 0 Å². The van der Waals surface area contributed by atoms with Crippen LogP contribution in [0, 0.1) is 52.5 Å². The zero-order chi connectivity index (χ0) is 26.7. The van der Waals surface area contributed by atoms with E-state index < -0.39 is 13.5 Å². The summed E-state index contributed by atoms with van der Waals surface area (Å²) in [6.07, 6.45) is 4.18. The van der Waals surface area contributed by atoms with Gasteiger partial charge in [0.05, 0.1) is 0 Å². The van der Waals surface area contributed by atoms with Crippen molar-refractivity contribution < 1.29 is 13.5 Å². The summed E-state index contributed by atoms with van der Waals surface area (Å²) in [5.41, 5.74) is 12.6. The van der Waals surface area contributed by atoms with Gasteiger partial charge in [0, 0.05) is 0 Å². The molecule has 3 aromatic carbocycles. The monoisotopic (exact) mass is 610 g/mol. The topological polar surface area (TPSA) is 9.86 Å². The second-order valence-corrected chi connectivity index (χ2v) is 15.7. The molecule has 0 unspecified atom stereocenters. The number of hydrogen-bond acceptors (Lipinski definition) is 0. The van der Waals surface area contributed by atoms with E-state index in [-0.39, 0.29) is 0 Å². The Bertz CT molecular complexity index is 1310. The fraction of sp³-hybridized carbons (Fsp3) is 0.323. The zero-order valence-corrected chi connectivity index (χ0v) is 26.1. The van der Waals surface area contributed by atoms with Crippen LogP contribution in [-0.2, 0) is 13.5 Å². The Hall–Kier alpha value is -1.93. The van der Waals surface area contributed by atoms with E-state index in [0.29, 0.717) is 5.92 Å². The molecule has 194 valence electrons. The van der Waals surface area contributed by atoms with Gasteiger partial charge in [0.2, 0.25) is 0 Å². The molecule has 0 spiro atoms. The van der Waals surface area contributed by atoms with Gasteiger partial charge < -0.3 is 0 Å². The SMILES string of the molecule is Cc1cc(C)c(-n2ccn(-c3c(C)cc(C)cc3C)[c]2=[Ru]([Cl])[Cl])c(C)c1.Cc1ccc(C(C)C)cc1. The predicted molar refractivity (Wildman–Crippen MR) is 154 cm³/mol. The molecule has 0 saturated heterocycles. The molecule has 5 heteroatoms. The molecule has 0 bridgehead atoms. The van der Waals surface area contributed by atoms with Crippen LogP contribution in [0.5, 0.6) is 0 Å². The van der Waals surface area contributed by atoms with Crippen molar-refractivity contribution in [2.75, 3.05) is 0 Å². The van der Waals surface area contributed by atoms with Gasteiger partial charge in [-0.15, -0.1) is 0 Å². The molecule has 36 heavy (non-hydrogen) atoms. The van der Waals surface area contributed by atoms with E-state index in [1.54, 1.807) is 0 Å². The maximum atomic E-state index is 6.59. The summed E-state index contributed by atoms with van der Waals surface area (Å²) in [5.74, 6) is 0.653. The number of halogens is 2. The Labute approximate surface area is 230 Å². The zero-order valence-electron chi connectivity index (χ0n) is 22.9. The first-order valence-electron chi connectivity index (χ1n) is 12.3. The van der Waals surface area contributed by atoms with E-state index in [4.69, 9.17) is 19.4 Å². The van der Waals surface area contributed by atoms with E-state index in [9.17, 15) is 0 Å². The van der Waals surface area contributed by atoms with Crippen molar-refractivity contribution >= 4 is 19.4 Å². The van der Waals surface area contributed by atoms with Crippen molar-refractivity contribution in [3.63, 3.8) is 0 Å². The largest absolute Gasteiger partial charge is 0.0590 e. The van der Waals surface area contributed by atoms with Crippen LogP contribution in [0.2, 0.25) is 0 Å². The number of imidazole rings is 1. The minimum atomic E-state index is -2.18. The summed E-state index contributed by atoms with van der Waals surface area (Å²) in [5, 5.41) is 0. The van der Waals surface area contributed by atoms with Crippen LogP contribution in [0.15, 0.2) is 60.9 Å². The van der Waals surface area contributed by atoms with Crippen molar-refractivity contribution in [3.8, 4) is 11.4 Å². The number of aryl methyl sites for hydroxylation is 7. The molecular formula is C31H38Cl2N2Ru. The molecule has 1 heterocycles. The maximum Gasteiger partial charge on any atom is -0.0219 e. The second kappa shape index (κ2) is 12.1. The average Bonchev–Trinajstić information content (AvgIpc) is 3.17. The van der Waals surface area contributed by atoms with E-state index in [1.807, 2.05) is 0 Å². The van der Waals surface area contributed by atoms with Crippen molar-refractivity contribution in [2.45, 2.75) is 68.2 Å². The molecule has 0 radical (unpaired) electrons. The number of rotatable bonds is 3. The van der Waals surface area contributed by atoms with Gasteiger partial charge in [0.25, 0.3) is 0 Å². The Morgan fingerprint density at radius 3 is 1.25 bits per heavy atom. The van der Waals surface area contributed by atoms with Crippen molar-refractivity contribution in [1.82, 2.24) is 9.13 Å². The molecule has 0 saturated carbocycles. The van der Waals surface area contributed by atoms with Gasteiger partial charge in [0.15, 0.2) is 0 Å². The number of aromatic nitrogens is 2. The third-order valence-electron chi connectivity index (χ3n) is 6.37. The molecule has 1 aromatic heterocycles. The molecular weight excluding hydrogens is 572 g/mol. The summed E-state index contributed by atoms with van der Waals surface area (Å²) < 4.78 is 5.35. The number of benzene rings is 3. The Kier molecular flexibility index (Phi) is 9.61. The van der Waals surface area contributed by atoms with Crippen LogP contribution >= 0.6 is 19.4 Å². The fourth-order valence-corrected chi connectivity index (χ4v) is 7.69. The van der Waals surface area contributed by atoms with Crippen LogP contribution in [-0.4, -0.2) is 9.13 Å². The Balaban J connectivity index is 0.000000303. The summed E-state index contributed by atoms with van der Waals surface area (Å²) in [6.45, 7) is 19.4. The van der Waals surface area contributed by atoms with Crippen LogP contribution in [0.3, 0.4) is 0 Å². The average molecular weight is 611 g/mol. The van der Waals surface area contributed by atoms with Crippen LogP contribution in [0.25, 0.3) is 11.4 Å². The van der Waals surface area contributed by atoms with Gasteiger partial charge >= 0.3 is 169 Å². The third kappa shape index (κ3) is 6.49. The summed E-state index contributed by atoms with van der Waals surface area (Å²) in [7, 11) is 13.2. The van der Waals surface area contributed by atoms with Crippen molar-refractivity contribution in [1.29, 1.82) is 0 Å². The molecule has 0 aliphatic rings. The first-order chi connectivity index (χ1) is 16.9. The van der Waals surface area contributed by atoms with Crippen LogP contribution in [0.4, 0.5) is 0 Å². The van der Waals surface area contributed by atoms with Crippen LogP contribution in [0.1, 0.15) is 64.3 Å². The molecule has 0 aliphatic carbocycles. The normalized spacial score (nSPS) is 11.4. The van der Waals surface area contributed by atoms with Gasteiger partial charge in [0.1, 0.15) is 0 Å². The minimum absolute atomic E-state index is 0.653. The summed E-state index contributed by atoms with van der Waals surface area (Å²) in [4.78, 5) is 0. The number of nitrogens with zero attached hydrogens (tertiary/aromatic N) is 2. The molecule has 0 fully saturated rings. The molecule has 4 rings (SSSR count). The number of hydrogen-bond donors (Lipinski definition) is 0. The molecule has 0 atom stereocenters. The first kappa shape index (κ1) is 28.6. The minimum Gasteiger partial charge on any atom is -0.0590 e. The Morgan fingerprint density at radius 2 is 0.944 bits per heavy atom. The van der Waals surface area contributed by atoms with Gasteiger partial charge in [-0.1, -0.05) is 43.7 Å². The van der Waals surface area contributed by atoms with Gasteiger partial charge in [-0.25, -0.2) is 0 Å². The van der Waals surface area contributed by atoms with E-state index in [1.165, 1.54) is 55.9 Å². The quantitative estimate of drug-likeness (QED) is 0.205. The summed E-state index contributed by atoms with van der Waals surface area (Å²) >= 11 is -2.18. The fourth-order valence-electron chi connectivity index (χ4n) is 4.88. The Morgan fingerprint density at radius 1 is 0.583 bits per heavy atom. The van der Waals surface area contributed by atoms with Crippen molar-refractivity contribution in [2.24, 2.45) is 0 Å².